The average Bonchev–Trinajstić information content (AvgIpc) is 3.10. The quantitative estimate of drug-likeness (QED) is 0.682. The lowest BCUT2D eigenvalue weighted by molar-refractivity contribution is -0.144. The van der Waals surface area contributed by atoms with Crippen LogP contribution in [0.3, 0.4) is 0 Å². The molecule has 0 spiro atoms. The lowest BCUT2D eigenvalue weighted by Crippen LogP contribution is -2.46. The predicted molar refractivity (Wildman–Crippen MR) is 101 cm³/mol. The molecule has 4 rings (SSSR count). The van der Waals surface area contributed by atoms with Gasteiger partial charge >= 0.3 is 5.97 Å². The van der Waals surface area contributed by atoms with E-state index in [0.717, 1.165) is 23.6 Å². The van der Waals surface area contributed by atoms with Crippen molar-refractivity contribution in [3.05, 3.63) is 42.5 Å². The third-order valence-corrected chi connectivity index (χ3v) is 7.08. The predicted octanol–water partition coefficient (Wildman–Crippen LogP) is 1.30. The minimum absolute atomic E-state index is 0.00416. The summed E-state index contributed by atoms with van der Waals surface area (Å²) < 4.78 is 33.4. The largest absolute Gasteiger partial charge is 0.468 e. The highest BCUT2D eigenvalue weighted by atomic mass is 32.2. The molecule has 7 nitrogen and oxygen atoms in total. The summed E-state index contributed by atoms with van der Waals surface area (Å²) in [7, 11) is -2.27. The van der Waals surface area contributed by atoms with Crippen LogP contribution >= 0.6 is 0 Å². The Morgan fingerprint density at radius 2 is 1.89 bits per heavy atom. The first-order chi connectivity index (χ1) is 13.0. The van der Waals surface area contributed by atoms with E-state index in [0.29, 0.717) is 6.42 Å². The van der Waals surface area contributed by atoms with Crippen LogP contribution in [0.5, 0.6) is 0 Å². The Hall–Kier alpha value is -2.00. The van der Waals surface area contributed by atoms with Crippen LogP contribution in [0.25, 0.3) is 10.8 Å². The number of nitrogens with one attached hydrogen (secondary N) is 3. The molecular weight excluding hydrogens is 366 g/mol. The van der Waals surface area contributed by atoms with Crippen LogP contribution in [0.1, 0.15) is 19.3 Å². The van der Waals surface area contributed by atoms with Crippen molar-refractivity contribution in [1.82, 2.24) is 15.6 Å². The Kier molecular flexibility index (Phi) is 4.90. The summed E-state index contributed by atoms with van der Waals surface area (Å²) in [6.45, 7) is 0. The number of carbonyl (C=O) groups excluding carboxylic acids is 1. The van der Waals surface area contributed by atoms with Crippen molar-refractivity contribution in [3.8, 4) is 0 Å². The Bertz CT molecular complexity index is 962. The molecule has 3 N–H and O–H groups in total. The van der Waals surface area contributed by atoms with Gasteiger partial charge in [0.15, 0.2) is 0 Å². The van der Waals surface area contributed by atoms with Crippen LogP contribution < -0.4 is 15.6 Å². The fraction of sp³-hybridized carbons (Fsp3) is 0.421. The Balaban J connectivity index is 1.51. The summed E-state index contributed by atoms with van der Waals surface area (Å²) in [5, 5.41) is 1.89. The molecule has 27 heavy (non-hydrogen) atoms. The first-order valence-electron chi connectivity index (χ1n) is 9.08. The molecular formula is C19H23N3O4S. The lowest BCUT2D eigenvalue weighted by Gasteiger charge is -2.32. The van der Waals surface area contributed by atoms with E-state index in [1.165, 1.54) is 7.11 Å². The zero-order valence-corrected chi connectivity index (χ0v) is 15.8. The van der Waals surface area contributed by atoms with Crippen molar-refractivity contribution in [3.63, 3.8) is 0 Å². The molecule has 2 aliphatic rings. The fourth-order valence-corrected chi connectivity index (χ4v) is 5.46. The number of ether oxygens (including phenoxy) is 1. The van der Waals surface area contributed by atoms with E-state index in [-0.39, 0.29) is 28.9 Å². The van der Waals surface area contributed by atoms with E-state index in [4.69, 9.17) is 4.74 Å². The van der Waals surface area contributed by atoms with Gasteiger partial charge in [-0.15, -0.1) is 0 Å². The number of hydrogen-bond donors (Lipinski definition) is 3. The van der Waals surface area contributed by atoms with E-state index < -0.39 is 16.1 Å². The minimum atomic E-state index is -3.63. The third-order valence-electron chi connectivity index (χ3n) is 5.56. The number of carbonyl (C=O) groups is 1. The van der Waals surface area contributed by atoms with Gasteiger partial charge in [-0.3, -0.25) is 10.2 Å². The molecule has 1 aliphatic carbocycles. The van der Waals surface area contributed by atoms with Gasteiger partial charge in [0.1, 0.15) is 6.04 Å². The number of benzene rings is 2. The minimum Gasteiger partial charge on any atom is -0.468 e. The van der Waals surface area contributed by atoms with Crippen molar-refractivity contribution in [1.29, 1.82) is 0 Å². The summed E-state index contributed by atoms with van der Waals surface area (Å²) in [6, 6.07) is 12.3. The molecule has 0 amide bonds. The van der Waals surface area contributed by atoms with E-state index in [1.54, 1.807) is 12.1 Å². The van der Waals surface area contributed by atoms with Crippen LogP contribution in [0, 0.1) is 5.92 Å². The second kappa shape index (κ2) is 7.20. The fourth-order valence-electron chi connectivity index (χ4n) is 4.15. The Morgan fingerprint density at radius 3 is 2.67 bits per heavy atom. The molecule has 8 heteroatoms. The van der Waals surface area contributed by atoms with Crippen molar-refractivity contribution in [2.45, 2.75) is 42.3 Å². The van der Waals surface area contributed by atoms with Gasteiger partial charge in [-0.2, -0.15) is 0 Å². The normalized spacial score (nSPS) is 28.0. The molecule has 1 heterocycles. The van der Waals surface area contributed by atoms with Crippen LogP contribution in [-0.4, -0.2) is 39.6 Å². The average molecular weight is 389 g/mol. The van der Waals surface area contributed by atoms with E-state index >= 15 is 0 Å². The number of rotatable bonds is 4. The highest BCUT2D eigenvalue weighted by Crippen LogP contribution is 2.32. The number of esters is 1. The zero-order valence-electron chi connectivity index (χ0n) is 15.0. The van der Waals surface area contributed by atoms with Crippen molar-refractivity contribution < 1.29 is 17.9 Å². The number of methoxy groups -OCH3 is 1. The molecule has 4 atom stereocenters. The van der Waals surface area contributed by atoms with Gasteiger partial charge in [0, 0.05) is 18.0 Å². The maximum Gasteiger partial charge on any atom is 0.324 e. The van der Waals surface area contributed by atoms with Gasteiger partial charge < -0.3 is 4.74 Å². The van der Waals surface area contributed by atoms with Gasteiger partial charge in [0.05, 0.1) is 12.0 Å². The molecule has 1 aliphatic heterocycles. The molecule has 0 bridgehead atoms. The Labute approximate surface area is 158 Å². The number of fused-ring (bicyclic) bond motifs is 2. The summed E-state index contributed by atoms with van der Waals surface area (Å²) in [6.07, 6.45) is 2.09. The number of hydrazine groups is 1. The van der Waals surface area contributed by atoms with Crippen molar-refractivity contribution >= 4 is 26.8 Å². The highest BCUT2D eigenvalue weighted by Gasteiger charge is 2.44. The first-order valence-corrected chi connectivity index (χ1v) is 10.6. The topological polar surface area (TPSA) is 96.5 Å². The molecule has 1 saturated heterocycles. The lowest BCUT2D eigenvalue weighted by atomic mass is 9.79. The smallest absolute Gasteiger partial charge is 0.324 e. The van der Waals surface area contributed by atoms with E-state index in [9.17, 15) is 13.2 Å². The highest BCUT2D eigenvalue weighted by molar-refractivity contribution is 7.89. The molecule has 0 aromatic heterocycles. The molecule has 2 aromatic carbocycles. The van der Waals surface area contributed by atoms with Crippen LogP contribution in [0.15, 0.2) is 47.4 Å². The maximum absolute atomic E-state index is 12.9. The summed E-state index contributed by atoms with van der Waals surface area (Å²) in [4.78, 5) is 12.2. The summed E-state index contributed by atoms with van der Waals surface area (Å²) in [5.74, 6) is -0.330. The van der Waals surface area contributed by atoms with E-state index in [1.807, 2.05) is 30.3 Å². The van der Waals surface area contributed by atoms with Gasteiger partial charge in [-0.1, -0.05) is 30.3 Å². The summed E-state index contributed by atoms with van der Waals surface area (Å²) >= 11 is 0. The first kappa shape index (κ1) is 18.4. The zero-order chi connectivity index (χ0) is 19.0. The SMILES string of the molecule is COC(=O)C1NNC2CCC(NS(=O)(=O)c3ccc4ccccc4c3)CC21. The molecule has 1 saturated carbocycles. The molecule has 2 fully saturated rings. The third kappa shape index (κ3) is 3.58. The van der Waals surface area contributed by atoms with Crippen LogP contribution in [0.4, 0.5) is 0 Å². The molecule has 0 radical (unpaired) electrons. The van der Waals surface area contributed by atoms with E-state index in [2.05, 4.69) is 15.6 Å². The standard InChI is InChI=1S/C19H23N3O4S/c1-26-19(23)18-16-11-14(7-9-17(16)20-21-18)22-27(24,25)15-8-6-12-4-2-3-5-13(12)10-15/h2-6,8,10,14,16-18,20-22H,7,9,11H2,1H3. The number of hydrogen-bond acceptors (Lipinski definition) is 6. The van der Waals surface area contributed by atoms with Crippen molar-refractivity contribution in [2.24, 2.45) is 5.92 Å². The van der Waals surface area contributed by atoms with Gasteiger partial charge in [-0.05, 0) is 42.2 Å². The van der Waals surface area contributed by atoms with Crippen LogP contribution in [0.2, 0.25) is 0 Å². The van der Waals surface area contributed by atoms with Gasteiger partial charge in [0.25, 0.3) is 0 Å². The number of sulfonamides is 1. The van der Waals surface area contributed by atoms with Gasteiger partial charge in [0.2, 0.25) is 10.0 Å². The second-order valence-corrected chi connectivity index (χ2v) is 8.91. The molecule has 4 unspecified atom stereocenters. The molecule has 144 valence electrons. The maximum atomic E-state index is 12.9. The second-order valence-electron chi connectivity index (χ2n) is 7.20. The van der Waals surface area contributed by atoms with Crippen molar-refractivity contribution in [2.75, 3.05) is 7.11 Å². The van der Waals surface area contributed by atoms with Crippen LogP contribution in [-0.2, 0) is 19.6 Å². The Morgan fingerprint density at radius 1 is 1.11 bits per heavy atom. The molecule has 2 aromatic rings. The summed E-state index contributed by atoms with van der Waals surface area (Å²) in [5.41, 5.74) is 6.11. The van der Waals surface area contributed by atoms with Gasteiger partial charge in [-0.25, -0.2) is 18.6 Å². The monoisotopic (exact) mass is 389 g/mol.